The molecule has 0 aromatic heterocycles. The van der Waals surface area contributed by atoms with Gasteiger partial charge in [-0.05, 0) is 30.3 Å². The van der Waals surface area contributed by atoms with Crippen molar-refractivity contribution in [2.24, 2.45) is 5.84 Å². The molecule has 0 aliphatic carbocycles. The van der Waals surface area contributed by atoms with Gasteiger partial charge in [0, 0.05) is 11.1 Å². The van der Waals surface area contributed by atoms with Gasteiger partial charge in [-0.15, -0.1) is 0 Å². The lowest BCUT2D eigenvalue weighted by Gasteiger charge is -2.25. The highest BCUT2D eigenvalue weighted by molar-refractivity contribution is 7.92. The Morgan fingerprint density at radius 3 is 2.21 bits per heavy atom. The highest BCUT2D eigenvalue weighted by Crippen LogP contribution is 2.36. The third-order valence-corrected chi connectivity index (χ3v) is 5.79. The van der Waals surface area contributed by atoms with Crippen LogP contribution < -0.4 is 29.8 Å². The highest BCUT2D eigenvalue weighted by atomic mass is 35.5. The fourth-order valence-electron chi connectivity index (χ4n) is 2.44. The number of nitrogens with one attached hydrogen (secondary N) is 1. The molecule has 0 saturated carbocycles. The van der Waals surface area contributed by atoms with Crippen LogP contribution in [0.1, 0.15) is 0 Å². The molecule has 2 rings (SSSR count). The van der Waals surface area contributed by atoms with Crippen molar-refractivity contribution in [2.45, 2.75) is 4.90 Å². The zero-order chi connectivity index (χ0) is 20.9. The van der Waals surface area contributed by atoms with Crippen LogP contribution in [0.3, 0.4) is 0 Å². The minimum atomic E-state index is -4.22. The molecule has 0 bridgehead atoms. The fraction of sp³-hybridized carbons (Fsp3) is 0.235. The number of hydrogen-bond acceptors (Lipinski definition) is 7. The van der Waals surface area contributed by atoms with Crippen LogP contribution in [-0.4, -0.2) is 42.2 Å². The summed E-state index contributed by atoms with van der Waals surface area (Å²) in [7, 11) is -0.0374. The highest BCUT2D eigenvalue weighted by Gasteiger charge is 2.30. The number of halogens is 1. The van der Waals surface area contributed by atoms with Crippen molar-refractivity contribution in [2.75, 3.05) is 32.2 Å². The van der Waals surface area contributed by atoms with Crippen LogP contribution in [0, 0.1) is 0 Å². The summed E-state index contributed by atoms with van der Waals surface area (Å²) < 4.78 is 43.1. The summed E-state index contributed by atoms with van der Waals surface area (Å²) in [5.74, 6) is 5.19. The molecule has 0 aliphatic heterocycles. The molecular formula is C17H20ClN3O6S. The second-order valence-corrected chi connectivity index (χ2v) is 7.71. The first-order valence-electron chi connectivity index (χ1n) is 7.86. The van der Waals surface area contributed by atoms with Crippen molar-refractivity contribution < 1.29 is 27.4 Å². The van der Waals surface area contributed by atoms with E-state index in [0.717, 1.165) is 4.31 Å². The molecule has 3 N–H and O–H groups in total. The number of methoxy groups -OCH3 is 3. The van der Waals surface area contributed by atoms with Gasteiger partial charge in [0.25, 0.3) is 15.9 Å². The number of nitrogens with two attached hydrogens (primary N) is 1. The van der Waals surface area contributed by atoms with E-state index in [2.05, 4.69) is 0 Å². The van der Waals surface area contributed by atoms with E-state index in [0.29, 0.717) is 5.75 Å². The van der Waals surface area contributed by atoms with E-state index in [1.54, 1.807) is 0 Å². The van der Waals surface area contributed by atoms with Gasteiger partial charge in [-0.2, -0.15) is 0 Å². The lowest BCUT2D eigenvalue weighted by atomic mass is 10.3. The average molecular weight is 430 g/mol. The van der Waals surface area contributed by atoms with E-state index in [4.69, 9.17) is 31.7 Å². The largest absolute Gasteiger partial charge is 0.495 e. The monoisotopic (exact) mass is 429 g/mol. The van der Waals surface area contributed by atoms with Crippen molar-refractivity contribution in [1.82, 2.24) is 5.43 Å². The number of anilines is 1. The van der Waals surface area contributed by atoms with E-state index in [-0.39, 0.29) is 27.1 Å². The van der Waals surface area contributed by atoms with Crippen LogP contribution in [0.2, 0.25) is 5.02 Å². The molecule has 11 heteroatoms. The van der Waals surface area contributed by atoms with Gasteiger partial charge in [0.1, 0.15) is 12.3 Å². The molecule has 0 saturated heterocycles. The Bertz CT molecular complexity index is 967. The summed E-state index contributed by atoms with van der Waals surface area (Å²) in [6.07, 6.45) is 0. The second kappa shape index (κ2) is 9.00. The number of carbonyl (C=O) groups is 1. The quantitative estimate of drug-likeness (QED) is 0.371. The van der Waals surface area contributed by atoms with Crippen molar-refractivity contribution >= 4 is 33.2 Å². The summed E-state index contributed by atoms with van der Waals surface area (Å²) in [5, 5.41) is 0.261. The molecule has 28 heavy (non-hydrogen) atoms. The third kappa shape index (κ3) is 4.41. The average Bonchev–Trinajstić information content (AvgIpc) is 2.70. The van der Waals surface area contributed by atoms with E-state index in [1.807, 2.05) is 5.43 Å². The standard InChI is InChI=1S/C17H20ClN3O6S/c1-25-14-6-4-11(18)8-13(14)21(10-17(22)20-19)28(23,24)12-5-7-15(26-2)16(9-12)27-3/h4-9H,10,19H2,1-3H3,(H,20,22). The summed E-state index contributed by atoms with van der Waals surface area (Å²) >= 11 is 6.03. The summed E-state index contributed by atoms with van der Waals surface area (Å²) in [6, 6.07) is 8.48. The number of hydrazine groups is 1. The first-order valence-corrected chi connectivity index (χ1v) is 9.68. The zero-order valence-electron chi connectivity index (χ0n) is 15.4. The van der Waals surface area contributed by atoms with Gasteiger partial charge in [-0.25, -0.2) is 14.3 Å². The number of amides is 1. The molecule has 1 amide bonds. The number of benzene rings is 2. The Kier molecular flexibility index (Phi) is 6.95. The van der Waals surface area contributed by atoms with E-state index < -0.39 is 22.5 Å². The van der Waals surface area contributed by atoms with Crippen LogP contribution in [0.5, 0.6) is 17.2 Å². The number of hydrogen-bond donors (Lipinski definition) is 2. The first kappa shape index (κ1) is 21.6. The van der Waals surface area contributed by atoms with Gasteiger partial charge in [0.05, 0.1) is 31.9 Å². The first-order chi connectivity index (χ1) is 13.3. The SMILES string of the molecule is COc1ccc(S(=O)(=O)N(CC(=O)NN)c2cc(Cl)ccc2OC)cc1OC. The maximum atomic E-state index is 13.3. The van der Waals surface area contributed by atoms with Crippen molar-refractivity contribution in [3.8, 4) is 17.2 Å². The molecule has 0 radical (unpaired) electrons. The second-order valence-electron chi connectivity index (χ2n) is 5.41. The minimum absolute atomic E-state index is 0.0772. The van der Waals surface area contributed by atoms with Crippen molar-refractivity contribution in [3.05, 3.63) is 41.4 Å². The molecule has 0 heterocycles. The molecule has 0 unspecified atom stereocenters. The minimum Gasteiger partial charge on any atom is -0.495 e. The summed E-state index contributed by atoms with van der Waals surface area (Å²) in [5.41, 5.74) is 2.00. The van der Waals surface area contributed by atoms with Gasteiger partial charge < -0.3 is 14.2 Å². The maximum Gasteiger partial charge on any atom is 0.265 e. The Morgan fingerprint density at radius 2 is 1.64 bits per heavy atom. The van der Waals surface area contributed by atoms with Gasteiger partial charge in [-0.3, -0.25) is 14.5 Å². The molecule has 0 aliphatic rings. The number of carbonyl (C=O) groups excluding carboxylic acids is 1. The Morgan fingerprint density at radius 1 is 1.04 bits per heavy atom. The molecule has 152 valence electrons. The van der Waals surface area contributed by atoms with Crippen LogP contribution >= 0.6 is 11.6 Å². The molecular weight excluding hydrogens is 410 g/mol. The van der Waals surface area contributed by atoms with Crippen LogP contribution in [0.25, 0.3) is 0 Å². The molecule has 0 spiro atoms. The summed E-state index contributed by atoms with van der Waals surface area (Å²) in [4.78, 5) is 11.8. The lowest BCUT2D eigenvalue weighted by molar-refractivity contribution is -0.119. The normalized spacial score (nSPS) is 10.9. The Hall–Kier alpha value is -2.69. The molecule has 2 aromatic carbocycles. The Labute approximate surface area is 167 Å². The predicted molar refractivity (Wildman–Crippen MR) is 104 cm³/mol. The lowest BCUT2D eigenvalue weighted by Crippen LogP contribution is -2.43. The number of nitrogens with zero attached hydrogens (tertiary/aromatic N) is 1. The molecule has 0 atom stereocenters. The van der Waals surface area contributed by atoms with Crippen LogP contribution in [0.15, 0.2) is 41.3 Å². The van der Waals surface area contributed by atoms with Gasteiger partial charge in [-0.1, -0.05) is 11.6 Å². The maximum absolute atomic E-state index is 13.3. The van der Waals surface area contributed by atoms with Crippen LogP contribution in [0.4, 0.5) is 5.69 Å². The Balaban J connectivity index is 2.66. The smallest absolute Gasteiger partial charge is 0.265 e. The number of rotatable bonds is 8. The number of sulfonamides is 1. The zero-order valence-corrected chi connectivity index (χ0v) is 17.0. The number of ether oxygens (including phenoxy) is 3. The van der Waals surface area contributed by atoms with Gasteiger partial charge in [0.2, 0.25) is 0 Å². The topological polar surface area (TPSA) is 120 Å². The predicted octanol–water partition coefficient (Wildman–Crippen LogP) is 1.55. The van der Waals surface area contributed by atoms with E-state index in [9.17, 15) is 13.2 Å². The molecule has 9 nitrogen and oxygen atoms in total. The molecule has 0 fully saturated rings. The van der Waals surface area contributed by atoms with Gasteiger partial charge in [0.15, 0.2) is 11.5 Å². The van der Waals surface area contributed by atoms with Crippen molar-refractivity contribution in [3.63, 3.8) is 0 Å². The molecule has 2 aromatic rings. The van der Waals surface area contributed by atoms with Crippen molar-refractivity contribution in [1.29, 1.82) is 0 Å². The summed E-state index contributed by atoms with van der Waals surface area (Å²) in [6.45, 7) is -0.593. The third-order valence-electron chi connectivity index (χ3n) is 3.80. The fourth-order valence-corrected chi connectivity index (χ4v) is 4.04. The van der Waals surface area contributed by atoms with Gasteiger partial charge >= 0.3 is 0 Å². The van der Waals surface area contributed by atoms with E-state index >= 15 is 0 Å². The van der Waals surface area contributed by atoms with Crippen LogP contribution in [-0.2, 0) is 14.8 Å². The van der Waals surface area contributed by atoms with E-state index in [1.165, 1.54) is 57.7 Å².